The van der Waals surface area contributed by atoms with E-state index in [1.807, 2.05) is 6.92 Å². The Kier molecular flexibility index (Phi) is 3.56. The molecule has 0 saturated heterocycles. The first-order chi connectivity index (χ1) is 8.86. The van der Waals surface area contributed by atoms with E-state index in [-0.39, 0.29) is 5.56 Å². The highest BCUT2D eigenvalue weighted by molar-refractivity contribution is 5.81. The molecule has 0 bridgehead atoms. The van der Waals surface area contributed by atoms with Crippen LogP contribution in [0.1, 0.15) is 38.2 Å². The summed E-state index contributed by atoms with van der Waals surface area (Å²) >= 11 is 0. The van der Waals surface area contributed by atoms with Gasteiger partial charge in [0.25, 0.3) is 0 Å². The maximum atomic E-state index is 13.3. The summed E-state index contributed by atoms with van der Waals surface area (Å²) in [6.45, 7) is 2.01. The molecule has 0 amide bonds. The van der Waals surface area contributed by atoms with Crippen LogP contribution in [-0.2, 0) is 10.2 Å². The number of carboxylic acid groups (broad SMARTS) is 1. The molecule has 104 valence electrons. The first-order valence-electron chi connectivity index (χ1n) is 6.25. The molecular weight excluding hydrogens is 257 g/mol. The molecule has 0 spiro atoms. The molecule has 1 aromatic rings. The van der Waals surface area contributed by atoms with Crippen molar-refractivity contribution in [1.82, 2.24) is 0 Å². The minimum Gasteiger partial charge on any atom is -0.481 e. The Labute approximate surface area is 109 Å². The summed E-state index contributed by atoms with van der Waals surface area (Å²) in [6.07, 6.45) is 1.97. The van der Waals surface area contributed by atoms with Crippen molar-refractivity contribution in [3.05, 3.63) is 35.1 Å². The van der Waals surface area contributed by atoms with Crippen LogP contribution >= 0.6 is 0 Å². The van der Waals surface area contributed by atoms with Gasteiger partial charge in [-0.3, -0.25) is 4.79 Å². The Hall–Kier alpha value is -1.52. The molecule has 1 aliphatic carbocycles. The van der Waals surface area contributed by atoms with Crippen molar-refractivity contribution in [2.45, 2.75) is 38.0 Å². The van der Waals surface area contributed by atoms with Crippen molar-refractivity contribution in [3.8, 4) is 0 Å². The average molecular weight is 272 g/mol. The lowest BCUT2D eigenvalue weighted by Crippen LogP contribution is -2.39. The van der Waals surface area contributed by atoms with E-state index < -0.39 is 28.8 Å². The van der Waals surface area contributed by atoms with E-state index in [1.165, 1.54) is 0 Å². The normalized spacial score (nSPS) is 27.3. The molecular formula is C14H15F3O2. The second kappa shape index (κ2) is 4.87. The van der Waals surface area contributed by atoms with Crippen LogP contribution in [0, 0.1) is 23.4 Å². The number of carboxylic acids is 1. The quantitative estimate of drug-likeness (QED) is 0.835. The lowest BCUT2D eigenvalue weighted by Gasteiger charge is -2.36. The molecule has 2 rings (SSSR count). The van der Waals surface area contributed by atoms with Crippen LogP contribution in [0.25, 0.3) is 0 Å². The minimum absolute atomic E-state index is 0.0169. The van der Waals surface area contributed by atoms with Gasteiger partial charge in [-0.25, -0.2) is 13.2 Å². The van der Waals surface area contributed by atoms with Gasteiger partial charge in [0.1, 0.15) is 0 Å². The zero-order chi connectivity index (χ0) is 14.2. The minimum atomic E-state index is -1.56. The van der Waals surface area contributed by atoms with Gasteiger partial charge in [0, 0.05) is 0 Å². The van der Waals surface area contributed by atoms with Crippen molar-refractivity contribution in [2.24, 2.45) is 5.92 Å². The van der Waals surface area contributed by atoms with E-state index >= 15 is 0 Å². The lowest BCUT2D eigenvalue weighted by molar-refractivity contribution is -0.145. The van der Waals surface area contributed by atoms with E-state index in [1.54, 1.807) is 0 Å². The highest BCUT2D eigenvalue weighted by Gasteiger charge is 2.43. The highest BCUT2D eigenvalue weighted by atomic mass is 19.2. The molecule has 1 saturated carbocycles. The maximum Gasteiger partial charge on any atom is 0.314 e. The zero-order valence-corrected chi connectivity index (χ0v) is 10.5. The van der Waals surface area contributed by atoms with Crippen molar-refractivity contribution in [3.63, 3.8) is 0 Å². The number of hydrogen-bond donors (Lipinski definition) is 1. The lowest BCUT2D eigenvalue weighted by atomic mass is 9.67. The van der Waals surface area contributed by atoms with Gasteiger partial charge in [-0.2, -0.15) is 0 Å². The molecule has 0 aliphatic heterocycles. The number of benzene rings is 1. The van der Waals surface area contributed by atoms with Gasteiger partial charge in [0.05, 0.1) is 5.41 Å². The molecule has 0 atom stereocenters. The second-order valence-electron chi connectivity index (χ2n) is 5.32. The first kappa shape index (κ1) is 13.9. The predicted molar refractivity (Wildman–Crippen MR) is 63.3 cm³/mol. The molecule has 19 heavy (non-hydrogen) atoms. The number of aliphatic carboxylic acids is 1. The molecule has 0 unspecified atom stereocenters. The summed E-state index contributed by atoms with van der Waals surface area (Å²) in [5, 5.41) is 9.44. The Bertz CT molecular complexity index is 482. The number of hydrogen-bond acceptors (Lipinski definition) is 1. The van der Waals surface area contributed by atoms with Gasteiger partial charge < -0.3 is 5.11 Å². The van der Waals surface area contributed by atoms with E-state index in [9.17, 15) is 23.1 Å². The third-order valence-electron chi connectivity index (χ3n) is 4.07. The second-order valence-corrected chi connectivity index (χ2v) is 5.32. The summed E-state index contributed by atoms with van der Waals surface area (Å²) in [4.78, 5) is 11.6. The smallest absolute Gasteiger partial charge is 0.314 e. The predicted octanol–water partition coefficient (Wildman–Crippen LogP) is 3.64. The van der Waals surface area contributed by atoms with E-state index in [2.05, 4.69) is 0 Å². The monoisotopic (exact) mass is 272 g/mol. The number of rotatable bonds is 2. The van der Waals surface area contributed by atoms with E-state index in [0.29, 0.717) is 31.6 Å². The average Bonchev–Trinajstić information content (AvgIpc) is 2.36. The summed E-state index contributed by atoms with van der Waals surface area (Å²) < 4.78 is 39.6. The standard InChI is InChI=1S/C14H15F3O2/c1-8-2-4-14(5-3-8,13(18)19)9-6-10(15)12(17)11(16)7-9/h6-8H,2-5H2,1H3,(H,18,19). The molecule has 1 N–H and O–H groups in total. The van der Waals surface area contributed by atoms with Gasteiger partial charge in [0.2, 0.25) is 0 Å². The van der Waals surface area contributed by atoms with Crippen molar-refractivity contribution in [2.75, 3.05) is 0 Å². The zero-order valence-electron chi connectivity index (χ0n) is 10.5. The van der Waals surface area contributed by atoms with Crippen molar-refractivity contribution in [1.29, 1.82) is 0 Å². The molecule has 1 aliphatic rings. The third kappa shape index (κ3) is 2.33. The first-order valence-corrected chi connectivity index (χ1v) is 6.25. The number of carbonyl (C=O) groups is 1. The summed E-state index contributed by atoms with van der Waals surface area (Å²) in [5.74, 6) is -4.95. The van der Waals surface area contributed by atoms with E-state index in [0.717, 1.165) is 12.1 Å². The summed E-state index contributed by atoms with van der Waals surface area (Å²) in [6, 6.07) is 1.62. The molecule has 0 aromatic heterocycles. The molecule has 1 fully saturated rings. The Morgan fingerprint density at radius 3 is 2.11 bits per heavy atom. The van der Waals surface area contributed by atoms with Crippen LogP contribution in [0.3, 0.4) is 0 Å². The largest absolute Gasteiger partial charge is 0.481 e. The fourth-order valence-electron chi connectivity index (χ4n) is 2.71. The van der Waals surface area contributed by atoms with E-state index in [4.69, 9.17) is 0 Å². The SMILES string of the molecule is CC1CCC(C(=O)O)(c2cc(F)c(F)c(F)c2)CC1. The highest BCUT2D eigenvalue weighted by Crippen LogP contribution is 2.42. The number of halogens is 3. The molecule has 1 aromatic carbocycles. The van der Waals surface area contributed by atoms with Crippen LogP contribution < -0.4 is 0 Å². The van der Waals surface area contributed by atoms with Gasteiger partial charge >= 0.3 is 5.97 Å². The molecule has 5 heteroatoms. The molecule has 0 heterocycles. The summed E-state index contributed by atoms with van der Waals surface area (Å²) in [7, 11) is 0. The van der Waals surface area contributed by atoms with Gasteiger partial charge in [-0.05, 0) is 49.3 Å². The van der Waals surface area contributed by atoms with Crippen LogP contribution in [0.2, 0.25) is 0 Å². The Morgan fingerprint density at radius 1 is 1.21 bits per heavy atom. The van der Waals surface area contributed by atoms with Crippen LogP contribution in [-0.4, -0.2) is 11.1 Å². The topological polar surface area (TPSA) is 37.3 Å². The van der Waals surface area contributed by atoms with Gasteiger partial charge in [0.15, 0.2) is 17.5 Å². The third-order valence-corrected chi connectivity index (χ3v) is 4.07. The van der Waals surface area contributed by atoms with Crippen LogP contribution in [0.15, 0.2) is 12.1 Å². The molecule has 2 nitrogen and oxygen atoms in total. The Morgan fingerprint density at radius 2 is 1.68 bits per heavy atom. The summed E-state index contributed by atoms with van der Waals surface area (Å²) in [5.41, 5.74) is -1.29. The van der Waals surface area contributed by atoms with Crippen LogP contribution in [0.4, 0.5) is 13.2 Å². The maximum absolute atomic E-state index is 13.3. The fraction of sp³-hybridized carbons (Fsp3) is 0.500. The fourth-order valence-corrected chi connectivity index (χ4v) is 2.71. The Balaban J connectivity index is 2.48. The van der Waals surface area contributed by atoms with Crippen LogP contribution in [0.5, 0.6) is 0 Å². The molecule has 0 radical (unpaired) electrons. The van der Waals surface area contributed by atoms with Crippen molar-refractivity contribution >= 4 is 5.97 Å². The van der Waals surface area contributed by atoms with Crippen molar-refractivity contribution < 1.29 is 23.1 Å². The van der Waals surface area contributed by atoms with Gasteiger partial charge in [-0.15, -0.1) is 0 Å². The van der Waals surface area contributed by atoms with Gasteiger partial charge in [-0.1, -0.05) is 6.92 Å².